The molecule has 5 atom stereocenters. The van der Waals surface area contributed by atoms with E-state index in [1.165, 1.54) is 28.6 Å². The van der Waals surface area contributed by atoms with Crippen LogP contribution in [0.3, 0.4) is 0 Å². The van der Waals surface area contributed by atoms with Crippen LogP contribution >= 0.6 is 0 Å². The minimum Gasteiger partial charge on any atom is -0.391 e. The number of pyridine rings is 1. The van der Waals surface area contributed by atoms with E-state index in [1.807, 2.05) is 0 Å². The number of sulfonamides is 1. The smallest absolute Gasteiger partial charge is 0.256 e. The molecular formula is C20H21N3O4S. The number of hydrogen-bond acceptors (Lipinski definition) is 5. The van der Waals surface area contributed by atoms with E-state index in [-0.39, 0.29) is 28.7 Å². The Balaban J connectivity index is 1.36. The molecule has 2 aliphatic carbocycles. The van der Waals surface area contributed by atoms with Crippen molar-refractivity contribution in [1.82, 2.24) is 9.29 Å². The summed E-state index contributed by atoms with van der Waals surface area (Å²) in [6.07, 6.45) is 2.86. The first-order chi connectivity index (χ1) is 13.4. The van der Waals surface area contributed by atoms with Gasteiger partial charge in [0, 0.05) is 18.3 Å². The summed E-state index contributed by atoms with van der Waals surface area (Å²) in [5.41, 5.74) is 0.354. The van der Waals surface area contributed by atoms with Crippen LogP contribution in [0, 0.1) is 17.8 Å². The van der Waals surface area contributed by atoms with Crippen LogP contribution < -0.4 is 5.32 Å². The number of aromatic nitrogens is 1. The van der Waals surface area contributed by atoms with Crippen LogP contribution in [-0.2, 0) is 10.0 Å². The van der Waals surface area contributed by atoms with E-state index in [0.717, 1.165) is 12.8 Å². The molecule has 5 rings (SSSR count). The fraction of sp³-hybridized carbons (Fsp3) is 0.400. The van der Waals surface area contributed by atoms with Gasteiger partial charge in [0.2, 0.25) is 10.0 Å². The molecule has 146 valence electrons. The Morgan fingerprint density at radius 3 is 2.57 bits per heavy atom. The summed E-state index contributed by atoms with van der Waals surface area (Å²) in [5, 5.41) is 13.2. The first kappa shape index (κ1) is 17.8. The standard InChI is InChI=1S/C20H21N3O4S/c24-19-13-9-14-11-23(18(19)16(14)10-13)28(26,27)15-6-4-12(5-7-15)20(25)22-17-3-1-2-8-21-17/h1-8,13-14,16,18-19,24H,9-11H2,(H,21,22,25)/t13-,14-,16+,18-,19+/m0/s1. The number of anilines is 1. The first-order valence-electron chi connectivity index (χ1n) is 9.47. The van der Waals surface area contributed by atoms with Crippen LogP contribution in [0.5, 0.6) is 0 Å². The van der Waals surface area contributed by atoms with Gasteiger partial charge >= 0.3 is 0 Å². The molecule has 7 nitrogen and oxygen atoms in total. The van der Waals surface area contributed by atoms with Gasteiger partial charge in [-0.1, -0.05) is 6.07 Å². The predicted molar refractivity (Wildman–Crippen MR) is 102 cm³/mol. The van der Waals surface area contributed by atoms with Crippen molar-refractivity contribution in [3.8, 4) is 0 Å². The van der Waals surface area contributed by atoms with Gasteiger partial charge in [-0.2, -0.15) is 4.31 Å². The Morgan fingerprint density at radius 2 is 1.89 bits per heavy atom. The molecule has 3 fully saturated rings. The van der Waals surface area contributed by atoms with Crippen molar-refractivity contribution < 1.29 is 18.3 Å². The third-order valence-electron chi connectivity index (χ3n) is 6.43. The zero-order chi connectivity index (χ0) is 19.5. The number of benzene rings is 1. The number of nitrogens with one attached hydrogen (secondary N) is 1. The van der Waals surface area contributed by atoms with Gasteiger partial charge in [0.05, 0.1) is 17.0 Å². The summed E-state index contributed by atoms with van der Waals surface area (Å²) in [4.78, 5) is 16.5. The Labute approximate surface area is 163 Å². The molecule has 3 aliphatic rings. The zero-order valence-electron chi connectivity index (χ0n) is 15.1. The molecule has 1 aromatic carbocycles. The highest BCUT2D eigenvalue weighted by Gasteiger charge is 2.61. The van der Waals surface area contributed by atoms with Crippen LogP contribution in [-0.4, -0.2) is 47.4 Å². The normalized spacial score (nSPS) is 31.2. The minimum atomic E-state index is -3.70. The quantitative estimate of drug-likeness (QED) is 0.816. The fourth-order valence-corrected chi connectivity index (χ4v) is 6.92. The van der Waals surface area contributed by atoms with E-state index in [1.54, 1.807) is 24.4 Å². The lowest BCUT2D eigenvalue weighted by Gasteiger charge is -2.28. The first-order valence-corrected chi connectivity index (χ1v) is 10.9. The molecule has 8 heteroatoms. The molecule has 2 N–H and O–H groups in total. The molecule has 2 heterocycles. The molecular weight excluding hydrogens is 378 g/mol. The number of carbonyl (C=O) groups is 1. The van der Waals surface area contributed by atoms with E-state index < -0.39 is 16.1 Å². The van der Waals surface area contributed by atoms with Crippen molar-refractivity contribution in [2.75, 3.05) is 11.9 Å². The van der Waals surface area contributed by atoms with E-state index in [4.69, 9.17) is 0 Å². The maximum absolute atomic E-state index is 13.2. The van der Waals surface area contributed by atoms with Crippen molar-refractivity contribution in [3.05, 3.63) is 54.2 Å². The second kappa shape index (κ2) is 6.37. The van der Waals surface area contributed by atoms with Gasteiger partial charge in [0.1, 0.15) is 5.82 Å². The summed E-state index contributed by atoms with van der Waals surface area (Å²) in [7, 11) is -3.70. The Hall–Kier alpha value is -2.29. The van der Waals surface area contributed by atoms with Gasteiger partial charge in [-0.15, -0.1) is 0 Å². The number of fused-ring (bicyclic) bond motifs is 1. The molecule has 1 aromatic heterocycles. The largest absolute Gasteiger partial charge is 0.391 e. The van der Waals surface area contributed by atoms with Gasteiger partial charge < -0.3 is 10.4 Å². The Kier molecular flexibility index (Phi) is 4.04. The minimum absolute atomic E-state index is 0.152. The number of aliphatic hydroxyl groups excluding tert-OH is 1. The monoisotopic (exact) mass is 399 g/mol. The number of rotatable bonds is 4. The number of carbonyl (C=O) groups excluding carboxylic acids is 1. The molecule has 2 bridgehead atoms. The van der Waals surface area contributed by atoms with Crippen LogP contribution in [0.1, 0.15) is 23.2 Å². The van der Waals surface area contributed by atoms with Gasteiger partial charge in [0.15, 0.2) is 0 Å². The molecule has 1 saturated heterocycles. The SMILES string of the molecule is O=C(Nc1ccccn1)c1ccc(S(=O)(=O)N2C[C@@H]3C[C@H]4C[C@H]3[C@H]2[C@@H]4O)cc1. The second-order valence-corrected chi connectivity index (χ2v) is 9.80. The summed E-state index contributed by atoms with van der Waals surface area (Å²) in [5.74, 6) is 0.949. The van der Waals surface area contributed by atoms with E-state index in [9.17, 15) is 18.3 Å². The molecule has 0 unspecified atom stereocenters. The van der Waals surface area contributed by atoms with Crippen LogP contribution in [0.4, 0.5) is 5.82 Å². The van der Waals surface area contributed by atoms with Gasteiger partial charge in [0.25, 0.3) is 5.91 Å². The third kappa shape index (κ3) is 2.67. The number of nitrogens with zero attached hydrogens (tertiary/aromatic N) is 2. The van der Waals surface area contributed by atoms with E-state index in [2.05, 4.69) is 10.3 Å². The topological polar surface area (TPSA) is 99.6 Å². The van der Waals surface area contributed by atoms with Crippen molar-refractivity contribution in [2.24, 2.45) is 17.8 Å². The van der Waals surface area contributed by atoms with Gasteiger partial charge in [-0.05, 0) is 67.0 Å². The van der Waals surface area contributed by atoms with Crippen molar-refractivity contribution in [1.29, 1.82) is 0 Å². The van der Waals surface area contributed by atoms with Crippen molar-refractivity contribution >= 4 is 21.7 Å². The summed E-state index contributed by atoms with van der Waals surface area (Å²) < 4.78 is 27.8. The van der Waals surface area contributed by atoms with E-state index in [0.29, 0.717) is 23.8 Å². The average molecular weight is 399 g/mol. The van der Waals surface area contributed by atoms with Gasteiger partial charge in [-0.3, -0.25) is 4.79 Å². The maximum Gasteiger partial charge on any atom is 0.256 e. The summed E-state index contributed by atoms with van der Waals surface area (Å²) >= 11 is 0. The van der Waals surface area contributed by atoms with E-state index >= 15 is 0 Å². The highest BCUT2D eigenvalue weighted by atomic mass is 32.2. The zero-order valence-corrected chi connectivity index (χ0v) is 15.9. The molecule has 2 aromatic rings. The molecule has 1 amide bonds. The van der Waals surface area contributed by atoms with Crippen LogP contribution in [0.15, 0.2) is 53.6 Å². The molecule has 0 spiro atoms. The maximum atomic E-state index is 13.2. The number of hydrogen-bond donors (Lipinski definition) is 2. The van der Waals surface area contributed by atoms with Crippen molar-refractivity contribution in [2.45, 2.75) is 29.9 Å². The number of amides is 1. The molecule has 1 aliphatic heterocycles. The lowest BCUT2D eigenvalue weighted by atomic mass is 9.88. The third-order valence-corrected chi connectivity index (χ3v) is 8.31. The molecule has 0 radical (unpaired) electrons. The van der Waals surface area contributed by atoms with Crippen LogP contribution in [0.2, 0.25) is 0 Å². The summed E-state index contributed by atoms with van der Waals surface area (Å²) in [6.45, 7) is 0.479. The molecule has 28 heavy (non-hydrogen) atoms. The average Bonchev–Trinajstić information content (AvgIpc) is 3.32. The highest BCUT2D eigenvalue weighted by molar-refractivity contribution is 7.89. The Morgan fingerprint density at radius 1 is 1.11 bits per heavy atom. The second-order valence-electron chi connectivity index (χ2n) is 7.90. The lowest BCUT2D eigenvalue weighted by Crippen LogP contribution is -2.43. The van der Waals surface area contributed by atoms with Crippen LogP contribution in [0.25, 0.3) is 0 Å². The molecule has 2 saturated carbocycles. The van der Waals surface area contributed by atoms with Crippen molar-refractivity contribution in [3.63, 3.8) is 0 Å². The van der Waals surface area contributed by atoms with Gasteiger partial charge in [-0.25, -0.2) is 13.4 Å². The Bertz CT molecular complexity index is 1010. The lowest BCUT2D eigenvalue weighted by molar-refractivity contribution is 0.0731. The highest BCUT2D eigenvalue weighted by Crippen LogP contribution is 2.56. The number of aliphatic hydroxyl groups is 1. The predicted octanol–water partition coefficient (Wildman–Crippen LogP) is 1.72. The fourth-order valence-electron chi connectivity index (χ4n) is 5.18. The summed E-state index contributed by atoms with van der Waals surface area (Å²) in [6, 6.07) is 10.8.